The Balaban J connectivity index is 1.06. The van der Waals surface area contributed by atoms with E-state index in [2.05, 4.69) is 121 Å². The number of methoxy groups -OCH3 is 8. The van der Waals surface area contributed by atoms with E-state index >= 15 is 0 Å². The number of para-hydroxylation sites is 8. The third kappa shape index (κ3) is 14.7. The Hall–Kier alpha value is -6.98. The molecule has 0 amide bonds. The van der Waals surface area contributed by atoms with Crippen molar-refractivity contribution < 1.29 is 47.4 Å². The molecule has 0 fully saturated rings. The fraction of sp³-hybridized carbons (Fsp3) is 0.229. The molecule has 0 aliphatic carbocycles. The smallest absolute Gasteiger partial charge is 0.126 e. The minimum absolute atomic E-state index is 0.285. The van der Waals surface area contributed by atoms with Crippen molar-refractivity contribution in [2.45, 2.75) is 37.7 Å². The minimum atomic E-state index is -1.24. The average Bonchev–Trinajstić information content (AvgIpc) is 3.62. The molecule has 10 nitrogen and oxygen atoms in total. The lowest BCUT2D eigenvalue weighted by Crippen LogP contribution is -2.28. The third-order valence-corrected chi connectivity index (χ3v) is 25.3. The van der Waals surface area contributed by atoms with Gasteiger partial charge in [0.1, 0.15) is 46.0 Å². The summed E-state index contributed by atoms with van der Waals surface area (Å²) >= 11 is 0. The molecule has 434 valence electrons. The Bertz CT molecular complexity index is 3090. The van der Waals surface area contributed by atoms with Crippen LogP contribution < -0.4 is 80.3 Å². The Morgan fingerprint density at radius 1 is 0.250 bits per heavy atom. The molecule has 0 aromatic heterocycles. The Kier molecular flexibility index (Phi) is 22.9. The molecule has 2 unspecified atom stereocenters. The molecular formula is C70H74O10P4. The summed E-state index contributed by atoms with van der Waals surface area (Å²) in [5.74, 6) is 6.04. The second-order valence-electron chi connectivity index (χ2n) is 19.3. The molecule has 14 heteroatoms. The van der Waals surface area contributed by atoms with Crippen LogP contribution in [0.5, 0.6) is 46.0 Å². The minimum Gasteiger partial charge on any atom is -0.496 e. The maximum atomic E-state index is 7.40. The molecule has 0 aliphatic rings. The highest BCUT2D eigenvalue weighted by Gasteiger charge is 2.35. The monoisotopic (exact) mass is 1200 g/mol. The van der Waals surface area contributed by atoms with Crippen LogP contribution in [0, 0.1) is 0 Å². The molecule has 2 atom stereocenters. The van der Waals surface area contributed by atoms with E-state index in [0.717, 1.165) is 112 Å². The van der Waals surface area contributed by atoms with Crippen molar-refractivity contribution in [3.05, 3.63) is 230 Å². The molecule has 0 saturated heterocycles. The van der Waals surface area contributed by atoms with Crippen LogP contribution >= 0.6 is 31.7 Å². The molecule has 9 aromatic rings. The van der Waals surface area contributed by atoms with E-state index < -0.39 is 31.7 Å². The van der Waals surface area contributed by atoms with Crippen LogP contribution in [-0.4, -0.2) is 80.9 Å². The summed E-state index contributed by atoms with van der Waals surface area (Å²) in [6, 6.07) is 75.3. The molecule has 0 bridgehead atoms. The summed E-state index contributed by atoms with van der Waals surface area (Å²) in [6.07, 6.45) is 2.98. The standard InChI is InChI=1S/C70H74O10P4/c1-71-53-25-9-17-33-61(53)81(62-34-18-10-26-54(62)72-2)47-45-69(83(65-37-21-13-29-57(65)75-5)66-38-22-14-30-58(66)76-6)79-49-51-41-43-52(44-42-51)50-80-70(84(67-39-23-15-31-59(67)77-7)68-40-24-16-32-60(68)78-8)46-48-82(63-35-19-11-27-55(63)73-3)64-36-20-12-28-56(64)74-4/h9-44,69-70H,45-50H2,1-8H3. The third-order valence-electron chi connectivity index (χ3n) is 14.6. The van der Waals surface area contributed by atoms with E-state index in [1.165, 1.54) is 0 Å². The molecule has 9 aromatic carbocycles. The van der Waals surface area contributed by atoms with Gasteiger partial charge in [-0.25, -0.2) is 0 Å². The van der Waals surface area contributed by atoms with Crippen LogP contribution in [0.4, 0.5) is 0 Å². The first-order valence-corrected chi connectivity index (χ1v) is 33.7. The first-order chi connectivity index (χ1) is 41.4. The number of benzene rings is 9. The zero-order valence-electron chi connectivity index (χ0n) is 49.1. The summed E-state index contributed by atoms with van der Waals surface area (Å²) in [5.41, 5.74) is 2.08. The van der Waals surface area contributed by atoms with Gasteiger partial charge in [0.25, 0.3) is 0 Å². The van der Waals surface area contributed by atoms with Gasteiger partial charge in [0.15, 0.2) is 0 Å². The van der Waals surface area contributed by atoms with Crippen LogP contribution in [-0.2, 0) is 22.7 Å². The lowest BCUT2D eigenvalue weighted by Gasteiger charge is -2.32. The van der Waals surface area contributed by atoms with Crippen LogP contribution in [0.15, 0.2) is 218 Å². The van der Waals surface area contributed by atoms with Gasteiger partial charge >= 0.3 is 0 Å². The molecule has 0 saturated carbocycles. The van der Waals surface area contributed by atoms with Crippen molar-refractivity contribution in [1.29, 1.82) is 0 Å². The Morgan fingerprint density at radius 2 is 0.440 bits per heavy atom. The van der Waals surface area contributed by atoms with Crippen molar-refractivity contribution in [2.75, 3.05) is 69.2 Å². The van der Waals surface area contributed by atoms with Crippen molar-refractivity contribution in [3.63, 3.8) is 0 Å². The highest BCUT2D eigenvalue weighted by atomic mass is 31.1. The Labute approximate surface area is 501 Å². The van der Waals surface area contributed by atoms with E-state index in [-0.39, 0.29) is 11.7 Å². The zero-order valence-corrected chi connectivity index (χ0v) is 52.6. The van der Waals surface area contributed by atoms with E-state index in [1.807, 2.05) is 97.1 Å². The predicted octanol–water partition coefficient (Wildman–Crippen LogP) is 12.8. The molecule has 84 heavy (non-hydrogen) atoms. The normalized spacial score (nSPS) is 12.0. The van der Waals surface area contributed by atoms with Crippen molar-refractivity contribution >= 4 is 74.1 Å². The first kappa shape index (κ1) is 61.6. The largest absolute Gasteiger partial charge is 0.496 e. The quantitative estimate of drug-likeness (QED) is 0.0405. The first-order valence-electron chi connectivity index (χ1n) is 27.8. The van der Waals surface area contributed by atoms with Crippen molar-refractivity contribution in [2.24, 2.45) is 0 Å². The fourth-order valence-electron chi connectivity index (χ4n) is 10.5. The average molecular weight is 1200 g/mol. The molecular weight excluding hydrogens is 1120 g/mol. The molecule has 0 N–H and O–H groups in total. The van der Waals surface area contributed by atoms with Gasteiger partial charge in [0, 0.05) is 42.4 Å². The molecule has 0 aliphatic heterocycles. The number of rotatable bonds is 30. The number of hydrogen-bond acceptors (Lipinski definition) is 10. The summed E-state index contributed by atoms with van der Waals surface area (Å²) in [5, 5.41) is 8.87. The van der Waals surface area contributed by atoms with E-state index in [4.69, 9.17) is 47.4 Å². The second kappa shape index (κ2) is 31.2. The van der Waals surface area contributed by atoms with Crippen LogP contribution in [0.25, 0.3) is 0 Å². The van der Waals surface area contributed by atoms with Crippen molar-refractivity contribution in [3.8, 4) is 46.0 Å². The van der Waals surface area contributed by atoms with Gasteiger partial charge in [0.05, 0.1) is 81.8 Å². The van der Waals surface area contributed by atoms with E-state index in [0.29, 0.717) is 26.1 Å². The van der Waals surface area contributed by atoms with Gasteiger partial charge in [-0.2, -0.15) is 0 Å². The van der Waals surface area contributed by atoms with Crippen molar-refractivity contribution in [1.82, 2.24) is 0 Å². The second-order valence-corrected chi connectivity index (χ2v) is 28.4. The summed E-state index contributed by atoms with van der Waals surface area (Å²) in [4.78, 5) is 0. The van der Waals surface area contributed by atoms with Crippen LogP contribution in [0.1, 0.15) is 24.0 Å². The summed E-state index contributed by atoms with van der Waals surface area (Å²) < 4.78 is 63.6. The van der Waals surface area contributed by atoms with Gasteiger partial charge in [-0.1, -0.05) is 170 Å². The maximum absolute atomic E-state index is 7.40. The predicted molar refractivity (Wildman–Crippen MR) is 351 cm³/mol. The topological polar surface area (TPSA) is 92.3 Å². The molecule has 9 rings (SSSR count). The summed E-state index contributed by atoms with van der Waals surface area (Å²) in [6.45, 7) is 0.725. The SMILES string of the molecule is COc1ccccc1P(CCC(OCc1ccc(COC(CCP(c2ccccc2OC)c2ccccc2OC)P(c2ccccc2OC)c2ccccc2OC)cc1)P(c1ccccc1OC)c1ccccc1OC)c1ccccc1OC. The van der Waals surface area contributed by atoms with Crippen LogP contribution in [0.3, 0.4) is 0 Å². The lowest BCUT2D eigenvalue weighted by atomic mass is 10.1. The molecule has 0 radical (unpaired) electrons. The zero-order chi connectivity index (χ0) is 58.6. The van der Waals surface area contributed by atoms with Gasteiger partial charge in [-0.15, -0.1) is 0 Å². The number of hydrogen-bond donors (Lipinski definition) is 0. The lowest BCUT2D eigenvalue weighted by molar-refractivity contribution is 0.0926. The Morgan fingerprint density at radius 3 is 0.655 bits per heavy atom. The van der Waals surface area contributed by atoms with Gasteiger partial charge < -0.3 is 47.4 Å². The maximum Gasteiger partial charge on any atom is 0.126 e. The van der Waals surface area contributed by atoms with E-state index in [1.54, 1.807) is 56.9 Å². The molecule has 0 spiro atoms. The molecule has 0 heterocycles. The summed E-state index contributed by atoms with van der Waals surface area (Å²) in [7, 11) is 9.43. The van der Waals surface area contributed by atoms with Gasteiger partial charge in [0.2, 0.25) is 0 Å². The highest BCUT2D eigenvalue weighted by molar-refractivity contribution is 7.75. The van der Waals surface area contributed by atoms with E-state index in [9.17, 15) is 0 Å². The van der Waals surface area contributed by atoms with Gasteiger partial charge in [-0.05, 0) is 117 Å². The highest BCUT2D eigenvalue weighted by Crippen LogP contribution is 2.52. The number of ether oxygens (including phenoxy) is 10. The van der Waals surface area contributed by atoms with Gasteiger partial charge in [-0.3, -0.25) is 0 Å². The fourth-order valence-corrected chi connectivity index (χ4v) is 21.8. The van der Waals surface area contributed by atoms with Crippen LogP contribution in [0.2, 0.25) is 0 Å².